The number of rotatable bonds is 3. The molecule has 1 aliphatic rings. The summed E-state index contributed by atoms with van der Waals surface area (Å²) in [5, 5.41) is 5.60. The van der Waals surface area contributed by atoms with Crippen LogP contribution < -0.4 is 0 Å². The fourth-order valence-electron chi connectivity index (χ4n) is 3.54. The summed E-state index contributed by atoms with van der Waals surface area (Å²) in [4.78, 5) is 18.1. The van der Waals surface area contributed by atoms with Gasteiger partial charge in [-0.1, -0.05) is 24.2 Å². The molecule has 0 fully saturated rings. The Bertz CT molecular complexity index is 1030. The summed E-state index contributed by atoms with van der Waals surface area (Å²) in [6.45, 7) is 7.42. The molecule has 4 rings (SSSR count). The molecule has 0 aliphatic carbocycles. The SMILES string of the molecule is C=CC(=O)N1CCn2nc(-c3ccc(Cl)cc3C)c(-c3ccncc3)c2C1. The molecule has 136 valence electrons. The number of aromatic nitrogens is 3. The summed E-state index contributed by atoms with van der Waals surface area (Å²) < 4.78 is 2.01. The topological polar surface area (TPSA) is 51.0 Å². The second kappa shape index (κ2) is 7.00. The fraction of sp³-hybridized carbons (Fsp3) is 0.190. The fourth-order valence-corrected chi connectivity index (χ4v) is 3.76. The van der Waals surface area contributed by atoms with E-state index in [9.17, 15) is 4.79 Å². The average Bonchev–Trinajstić information content (AvgIpc) is 3.06. The van der Waals surface area contributed by atoms with Crippen molar-refractivity contribution < 1.29 is 4.79 Å². The molecule has 1 amide bonds. The number of nitrogens with zero attached hydrogens (tertiary/aromatic N) is 4. The highest BCUT2D eigenvalue weighted by molar-refractivity contribution is 6.30. The van der Waals surface area contributed by atoms with Gasteiger partial charge in [-0.25, -0.2) is 0 Å². The van der Waals surface area contributed by atoms with Crippen molar-refractivity contribution in [3.8, 4) is 22.4 Å². The first kappa shape index (κ1) is 17.5. The minimum atomic E-state index is -0.0626. The zero-order valence-electron chi connectivity index (χ0n) is 15.0. The minimum Gasteiger partial charge on any atom is -0.331 e. The molecule has 0 saturated heterocycles. The summed E-state index contributed by atoms with van der Waals surface area (Å²) in [7, 11) is 0. The van der Waals surface area contributed by atoms with Crippen LogP contribution in [0.25, 0.3) is 22.4 Å². The van der Waals surface area contributed by atoms with E-state index in [1.165, 1.54) is 6.08 Å². The van der Waals surface area contributed by atoms with Crippen molar-refractivity contribution in [2.24, 2.45) is 0 Å². The molecule has 27 heavy (non-hydrogen) atoms. The molecule has 0 spiro atoms. The molecule has 3 heterocycles. The lowest BCUT2D eigenvalue weighted by molar-refractivity contribution is -0.127. The molecule has 0 radical (unpaired) electrons. The summed E-state index contributed by atoms with van der Waals surface area (Å²) in [6, 6.07) is 9.77. The van der Waals surface area contributed by atoms with Crippen LogP contribution in [-0.4, -0.2) is 32.1 Å². The molecular weight excluding hydrogens is 360 g/mol. The lowest BCUT2D eigenvalue weighted by atomic mass is 9.96. The number of halogens is 1. The third-order valence-corrected chi connectivity index (χ3v) is 5.11. The van der Waals surface area contributed by atoms with Crippen LogP contribution in [-0.2, 0) is 17.9 Å². The van der Waals surface area contributed by atoms with Gasteiger partial charge in [0, 0.05) is 35.1 Å². The van der Waals surface area contributed by atoms with Crippen LogP contribution in [0.3, 0.4) is 0 Å². The van der Waals surface area contributed by atoms with E-state index in [2.05, 4.69) is 11.6 Å². The lowest BCUT2D eigenvalue weighted by Crippen LogP contribution is -2.37. The number of aryl methyl sites for hydroxylation is 1. The van der Waals surface area contributed by atoms with E-state index in [0.717, 1.165) is 33.6 Å². The molecule has 5 nitrogen and oxygen atoms in total. The maximum Gasteiger partial charge on any atom is 0.246 e. The van der Waals surface area contributed by atoms with Gasteiger partial charge in [0.05, 0.1) is 18.8 Å². The molecule has 0 saturated carbocycles. The Labute approximate surface area is 162 Å². The van der Waals surface area contributed by atoms with E-state index in [1.807, 2.05) is 41.9 Å². The molecule has 0 bridgehead atoms. The Kier molecular flexibility index (Phi) is 4.54. The first-order chi connectivity index (χ1) is 13.1. The number of carbonyl (C=O) groups is 1. The van der Waals surface area contributed by atoms with Crippen LogP contribution in [0.1, 0.15) is 11.3 Å². The molecule has 1 aromatic carbocycles. The molecule has 3 aromatic rings. The van der Waals surface area contributed by atoms with Crippen molar-refractivity contribution >= 4 is 17.5 Å². The third kappa shape index (κ3) is 3.15. The number of hydrogen-bond acceptors (Lipinski definition) is 3. The van der Waals surface area contributed by atoms with Crippen molar-refractivity contribution in [3.63, 3.8) is 0 Å². The summed E-state index contributed by atoms with van der Waals surface area (Å²) in [5.74, 6) is -0.0626. The van der Waals surface area contributed by atoms with Gasteiger partial charge < -0.3 is 4.90 Å². The zero-order valence-corrected chi connectivity index (χ0v) is 15.8. The van der Waals surface area contributed by atoms with Gasteiger partial charge >= 0.3 is 0 Å². The largest absolute Gasteiger partial charge is 0.331 e. The smallest absolute Gasteiger partial charge is 0.246 e. The second-order valence-corrected chi connectivity index (χ2v) is 6.99. The van der Waals surface area contributed by atoms with Gasteiger partial charge in [-0.05, 0) is 48.4 Å². The van der Waals surface area contributed by atoms with Crippen LogP contribution >= 0.6 is 11.6 Å². The summed E-state index contributed by atoms with van der Waals surface area (Å²) in [5.41, 5.74) is 6.08. The van der Waals surface area contributed by atoms with E-state index < -0.39 is 0 Å². The minimum absolute atomic E-state index is 0.0626. The Morgan fingerprint density at radius 2 is 2.00 bits per heavy atom. The highest BCUT2D eigenvalue weighted by Gasteiger charge is 2.27. The van der Waals surface area contributed by atoms with Gasteiger partial charge in [0.1, 0.15) is 5.69 Å². The van der Waals surface area contributed by atoms with Crippen LogP contribution in [0.15, 0.2) is 55.4 Å². The second-order valence-electron chi connectivity index (χ2n) is 6.55. The van der Waals surface area contributed by atoms with Gasteiger partial charge in [-0.15, -0.1) is 0 Å². The first-order valence-electron chi connectivity index (χ1n) is 8.76. The van der Waals surface area contributed by atoms with Crippen LogP contribution in [0.4, 0.5) is 0 Å². The number of carbonyl (C=O) groups excluding carboxylic acids is 1. The van der Waals surface area contributed by atoms with Gasteiger partial charge in [-0.2, -0.15) is 5.10 Å². The molecular formula is C21H19ClN4O. The van der Waals surface area contributed by atoms with E-state index in [0.29, 0.717) is 24.7 Å². The summed E-state index contributed by atoms with van der Waals surface area (Å²) >= 11 is 6.14. The quantitative estimate of drug-likeness (QED) is 0.645. The maximum atomic E-state index is 12.1. The highest BCUT2D eigenvalue weighted by atomic mass is 35.5. The number of amides is 1. The normalized spacial score (nSPS) is 13.3. The predicted molar refractivity (Wildman–Crippen MR) is 106 cm³/mol. The van der Waals surface area contributed by atoms with Crippen LogP contribution in [0.5, 0.6) is 0 Å². The van der Waals surface area contributed by atoms with E-state index >= 15 is 0 Å². The molecule has 2 aromatic heterocycles. The van der Waals surface area contributed by atoms with E-state index in [1.54, 1.807) is 17.3 Å². The number of benzene rings is 1. The third-order valence-electron chi connectivity index (χ3n) is 4.88. The Morgan fingerprint density at radius 3 is 2.70 bits per heavy atom. The maximum absolute atomic E-state index is 12.1. The van der Waals surface area contributed by atoms with Crippen LogP contribution in [0, 0.1) is 6.92 Å². The predicted octanol–water partition coefficient (Wildman–Crippen LogP) is 4.10. The number of pyridine rings is 1. The Hall–Kier alpha value is -2.92. The average molecular weight is 379 g/mol. The van der Waals surface area contributed by atoms with Gasteiger partial charge in [0.2, 0.25) is 5.91 Å². The zero-order chi connectivity index (χ0) is 19.0. The Morgan fingerprint density at radius 1 is 1.22 bits per heavy atom. The molecule has 1 aliphatic heterocycles. The van der Waals surface area contributed by atoms with E-state index in [4.69, 9.17) is 16.7 Å². The standard InChI is InChI=1S/C21H19ClN4O/c1-3-19(27)25-10-11-26-18(13-25)20(15-6-8-23-9-7-15)21(24-26)17-5-4-16(22)12-14(17)2/h3-9,12H,1,10-11,13H2,2H3. The monoisotopic (exact) mass is 378 g/mol. The van der Waals surface area contributed by atoms with E-state index in [-0.39, 0.29) is 5.91 Å². The number of fused-ring (bicyclic) bond motifs is 1. The van der Waals surface area contributed by atoms with Crippen molar-refractivity contribution in [1.29, 1.82) is 0 Å². The first-order valence-corrected chi connectivity index (χ1v) is 9.14. The lowest BCUT2D eigenvalue weighted by Gasteiger charge is -2.27. The summed E-state index contributed by atoms with van der Waals surface area (Å²) in [6.07, 6.45) is 4.91. The molecule has 6 heteroatoms. The number of hydrogen-bond donors (Lipinski definition) is 0. The van der Waals surface area contributed by atoms with Crippen molar-refractivity contribution in [1.82, 2.24) is 19.7 Å². The molecule has 0 N–H and O–H groups in total. The Balaban J connectivity index is 1.92. The van der Waals surface area contributed by atoms with Gasteiger partial charge in [0.15, 0.2) is 0 Å². The van der Waals surface area contributed by atoms with Crippen molar-refractivity contribution in [2.75, 3.05) is 6.54 Å². The van der Waals surface area contributed by atoms with Crippen molar-refractivity contribution in [3.05, 3.63) is 71.7 Å². The van der Waals surface area contributed by atoms with Crippen LogP contribution in [0.2, 0.25) is 5.02 Å². The van der Waals surface area contributed by atoms with Gasteiger partial charge in [0.25, 0.3) is 0 Å². The molecule has 0 unspecified atom stereocenters. The molecule has 0 atom stereocenters. The highest BCUT2D eigenvalue weighted by Crippen LogP contribution is 2.38. The van der Waals surface area contributed by atoms with Gasteiger partial charge in [-0.3, -0.25) is 14.5 Å². The van der Waals surface area contributed by atoms with Crippen molar-refractivity contribution in [2.45, 2.75) is 20.0 Å².